The quantitative estimate of drug-likeness (QED) is 0.771. The molecule has 2 rings (SSSR count). The van der Waals surface area contributed by atoms with E-state index in [2.05, 4.69) is 10.3 Å². The zero-order valence-electron chi connectivity index (χ0n) is 17.0. The summed E-state index contributed by atoms with van der Waals surface area (Å²) in [5.41, 5.74) is -1.53. The van der Waals surface area contributed by atoms with Crippen molar-refractivity contribution in [1.29, 1.82) is 0 Å². The first-order valence-electron chi connectivity index (χ1n) is 8.97. The minimum Gasteiger partial charge on any atom is -0.476 e. The fraction of sp³-hybridized carbons (Fsp3) is 0.667. The molecule has 10 heteroatoms. The van der Waals surface area contributed by atoms with Crippen LogP contribution in [-0.2, 0) is 9.47 Å². The number of aromatic carboxylic acids is 1. The van der Waals surface area contributed by atoms with Crippen molar-refractivity contribution in [3.63, 3.8) is 0 Å². The van der Waals surface area contributed by atoms with Crippen molar-refractivity contribution in [3.05, 3.63) is 10.7 Å². The molecule has 9 nitrogen and oxygen atoms in total. The number of anilines is 1. The number of hydrogen-bond donors (Lipinski definition) is 2. The van der Waals surface area contributed by atoms with Crippen molar-refractivity contribution in [3.8, 4) is 0 Å². The lowest BCUT2D eigenvalue weighted by molar-refractivity contribution is 0.0292. The minimum absolute atomic E-state index is 0.118. The van der Waals surface area contributed by atoms with E-state index in [0.29, 0.717) is 24.5 Å². The molecule has 1 aliphatic rings. The molecule has 1 aromatic heterocycles. The lowest BCUT2D eigenvalue weighted by atomic mass is 10.1. The van der Waals surface area contributed by atoms with Crippen LogP contribution in [0.4, 0.5) is 14.6 Å². The highest BCUT2D eigenvalue weighted by Crippen LogP contribution is 2.35. The van der Waals surface area contributed by atoms with Crippen LogP contribution in [-0.4, -0.2) is 57.4 Å². The number of thiazole rings is 1. The Kier molecular flexibility index (Phi) is 6.22. The molecule has 156 valence electrons. The van der Waals surface area contributed by atoms with E-state index in [1.165, 1.54) is 0 Å². The molecular weight excluding hydrogens is 386 g/mol. The summed E-state index contributed by atoms with van der Waals surface area (Å²) in [6, 6.07) is 0. The second-order valence-corrected chi connectivity index (χ2v) is 9.60. The summed E-state index contributed by atoms with van der Waals surface area (Å²) in [4.78, 5) is 41.5. The lowest BCUT2D eigenvalue weighted by Crippen LogP contribution is -2.35. The van der Waals surface area contributed by atoms with E-state index in [-0.39, 0.29) is 16.6 Å². The summed E-state index contributed by atoms with van der Waals surface area (Å²) in [6.07, 6.45) is -0.512. The van der Waals surface area contributed by atoms with Gasteiger partial charge in [-0.2, -0.15) is 0 Å². The molecule has 2 amide bonds. The van der Waals surface area contributed by atoms with Gasteiger partial charge in [0.1, 0.15) is 21.2 Å². The van der Waals surface area contributed by atoms with E-state index in [0.717, 1.165) is 11.3 Å². The van der Waals surface area contributed by atoms with Crippen LogP contribution >= 0.6 is 11.3 Å². The highest BCUT2D eigenvalue weighted by Gasteiger charge is 2.33. The molecule has 0 saturated carbocycles. The first-order chi connectivity index (χ1) is 12.7. The molecule has 0 aromatic carbocycles. The number of nitrogens with zero attached hydrogens (tertiary/aromatic N) is 2. The van der Waals surface area contributed by atoms with Gasteiger partial charge in [-0.25, -0.2) is 19.4 Å². The number of carboxylic acids is 1. The zero-order chi connectivity index (χ0) is 21.3. The van der Waals surface area contributed by atoms with Gasteiger partial charge in [0.15, 0.2) is 5.69 Å². The minimum atomic E-state index is -1.24. The normalized spacial score (nSPS) is 17.4. The second kappa shape index (κ2) is 7.94. The molecule has 1 unspecified atom stereocenters. The molecular formula is C18H27N3O6S. The number of carbonyl (C=O) groups is 3. The summed E-state index contributed by atoms with van der Waals surface area (Å²) in [6.45, 7) is 11.4. The van der Waals surface area contributed by atoms with Crippen LogP contribution in [0.2, 0.25) is 0 Å². The fourth-order valence-electron chi connectivity index (χ4n) is 2.59. The van der Waals surface area contributed by atoms with Crippen molar-refractivity contribution in [1.82, 2.24) is 9.88 Å². The number of hydrogen-bond acceptors (Lipinski definition) is 7. The first kappa shape index (κ1) is 21.9. The molecule has 0 bridgehead atoms. The predicted molar refractivity (Wildman–Crippen MR) is 104 cm³/mol. The van der Waals surface area contributed by atoms with Crippen molar-refractivity contribution < 1.29 is 29.0 Å². The first-order valence-corrected chi connectivity index (χ1v) is 9.79. The SMILES string of the molecule is CC(C)(C)OC(=O)Nc1sc(C2CCN(C(=O)OC(C)(C)C)C2)nc1C(=O)O. The highest BCUT2D eigenvalue weighted by atomic mass is 32.1. The molecule has 0 spiro atoms. The summed E-state index contributed by atoms with van der Waals surface area (Å²) in [7, 11) is 0. The molecule has 2 heterocycles. The van der Waals surface area contributed by atoms with E-state index in [4.69, 9.17) is 9.47 Å². The maximum atomic E-state index is 12.2. The number of likely N-dealkylation sites (tertiary alicyclic amines) is 1. The molecule has 1 fully saturated rings. The molecule has 0 radical (unpaired) electrons. The molecule has 1 aliphatic heterocycles. The smallest absolute Gasteiger partial charge is 0.412 e. The predicted octanol–water partition coefficient (Wildman–Crippen LogP) is 3.91. The second-order valence-electron chi connectivity index (χ2n) is 8.57. The van der Waals surface area contributed by atoms with Gasteiger partial charge in [0.2, 0.25) is 0 Å². The average Bonchev–Trinajstić information content (AvgIpc) is 3.09. The van der Waals surface area contributed by atoms with Crippen LogP contribution in [0, 0.1) is 0 Å². The maximum Gasteiger partial charge on any atom is 0.412 e. The summed E-state index contributed by atoms with van der Waals surface area (Å²) in [5, 5.41) is 12.5. The third kappa shape index (κ3) is 6.08. The monoisotopic (exact) mass is 413 g/mol. The summed E-state index contributed by atoms with van der Waals surface area (Å²) in [5.74, 6) is -1.36. The Morgan fingerprint density at radius 3 is 2.29 bits per heavy atom. The van der Waals surface area contributed by atoms with Gasteiger partial charge >= 0.3 is 18.2 Å². The van der Waals surface area contributed by atoms with Gasteiger partial charge in [-0.15, -0.1) is 0 Å². The molecule has 2 N–H and O–H groups in total. The van der Waals surface area contributed by atoms with Gasteiger partial charge in [0, 0.05) is 19.0 Å². The van der Waals surface area contributed by atoms with Gasteiger partial charge < -0.3 is 19.5 Å². The number of amides is 2. The summed E-state index contributed by atoms with van der Waals surface area (Å²) < 4.78 is 10.5. The molecule has 1 saturated heterocycles. The molecule has 28 heavy (non-hydrogen) atoms. The number of rotatable bonds is 3. The van der Waals surface area contributed by atoms with Gasteiger partial charge in [-0.3, -0.25) is 5.32 Å². The van der Waals surface area contributed by atoms with Crippen LogP contribution in [0.3, 0.4) is 0 Å². The van der Waals surface area contributed by atoms with E-state index in [1.54, 1.807) is 46.4 Å². The van der Waals surface area contributed by atoms with Crippen LogP contribution in [0.15, 0.2) is 0 Å². The van der Waals surface area contributed by atoms with Gasteiger partial charge in [0.25, 0.3) is 0 Å². The third-order valence-corrected chi connectivity index (χ3v) is 4.78. The van der Waals surface area contributed by atoms with Gasteiger partial charge in [-0.05, 0) is 48.0 Å². The summed E-state index contributed by atoms with van der Waals surface area (Å²) >= 11 is 1.08. The van der Waals surface area contributed by atoms with E-state index >= 15 is 0 Å². The number of aromatic nitrogens is 1. The van der Waals surface area contributed by atoms with E-state index in [1.807, 2.05) is 0 Å². The van der Waals surface area contributed by atoms with Crippen LogP contribution in [0.5, 0.6) is 0 Å². The number of carboxylic acid groups (broad SMARTS) is 1. The number of ether oxygens (including phenoxy) is 2. The zero-order valence-corrected chi connectivity index (χ0v) is 17.8. The maximum absolute atomic E-state index is 12.2. The third-order valence-electron chi connectivity index (χ3n) is 3.65. The van der Waals surface area contributed by atoms with Crippen molar-refractivity contribution in [2.24, 2.45) is 0 Å². The Balaban J connectivity index is 2.12. The Labute approximate surface area is 168 Å². The molecule has 0 aliphatic carbocycles. The highest BCUT2D eigenvalue weighted by molar-refractivity contribution is 7.16. The van der Waals surface area contributed by atoms with Crippen molar-refractivity contribution >= 4 is 34.5 Å². The molecule has 1 atom stereocenters. The van der Waals surface area contributed by atoms with Crippen LogP contribution in [0.25, 0.3) is 0 Å². The van der Waals surface area contributed by atoms with E-state index in [9.17, 15) is 19.5 Å². The molecule has 1 aromatic rings. The van der Waals surface area contributed by atoms with Crippen LogP contribution < -0.4 is 5.32 Å². The van der Waals surface area contributed by atoms with Crippen LogP contribution in [0.1, 0.15) is 69.4 Å². The average molecular weight is 413 g/mol. The van der Waals surface area contributed by atoms with Crippen molar-refractivity contribution in [2.45, 2.75) is 65.1 Å². The largest absolute Gasteiger partial charge is 0.476 e. The standard InChI is InChI=1S/C18H27N3O6S/c1-17(2,3)26-15(24)20-13-11(14(22)23)19-12(28-13)10-7-8-21(9-10)16(25)27-18(4,5)6/h10H,7-9H2,1-6H3,(H,20,24)(H,22,23). The number of nitrogens with one attached hydrogen (secondary N) is 1. The van der Waals surface area contributed by atoms with Gasteiger partial charge in [0.05, 0.1) is 0 Å². The lowest BCUT2D eigenvalue weighted by Gasteiger charge is -2.24. The Morgan fingerprint density at radius 1 is 1.14 bits per heavy atom. The Bertz CT molecular complexity index is 762. The number of carbonyl (C=O) groups excluding carboxylic acids is 2. The topological polar surface area (TPSA) is 118 Å². The van der Waals surface area contributed by atoms with Crippen molar-refractivity contribution in [2.75, 3.05) is 18.4 Å². The van der Waals surface area contributed by atoms with Gasteiger partial charge in [-0.1, -0.05) is 11.3 Å². The Morgan fingerprint density at radius 2 is 1.75 bits per heavy atom. The Hall–Kier alpha value is -2.36. The fourth-order valence-corrected chi connectivity index (χ4v) is 3.66. The van der Waals surface area contributed by atoms with E-state index < -0.39 is 29.4 Å².